The molecular formula is C24H25BrN3Si+. The molecule has 0 aliphatic rings. The Hall–Kier alpha value is -2.50. The van der Waals surface area contributed by atoms with Crippen LogP contribution in [-0.2, 0) is 6.17 Å². The number of benzene rings is 3. The Kier molecular flexibility index (Phi) is 5.52. The summed E-state index contributed by atoms with van der Waals surface area (Å²) < 4.78 is 3.43. The van der Waals surface area contributed by atoms with Gasteiger partial charge in [-0.2, -0.15) is 4.68 Å². The van der Waals surface area contributed by atoms with E-state index < -0.39 is 8.07 Å². The Bertz CT molecular complexity index is 1100. The van der Waals surface area contributed by atoms with E-state index in [1.807, 2.05) is 6.07 Å². The zero-order valence-corrected chi connectivity index (χ0v) is 19.6. The van der Waals surface area contributed by atoms with E-state index in [0.717, 1.165) is 27.6 Å². The van der Waals surface area contributed by atoms with Crippen LogP contribution in [0.2, 0.25) is 19.6 Å². The lowest BCUT2D eigenvalue weighted by Gasteiger charge is -2.15. The van der Waals surface area contributed by atoms with Crippen LogP contribution in [0.1, 0.15) is 0 Å². The molecular weight excluding hydrogens is 438 g/mol. The van der Waals surface area contributed by atoms with E-state index in [1.165, 1.54) is 11.3 Å². The molecule has 0 fully saturated rings. The van der Waals surface area contributed by atoms with E-state index in [9.17, 15) is 0 Å². The molecule has 5 heteroatoms. The van der Waals surface area contributed by atoms with Crippen LogP contribution in [0.3, 0.4) is 0 Å². The quantitative estimate of drug-likeness (QED) is 0.258. The first-order valence-corrected chi connectivity index (χ1v) is 14.3. The van der Waals surface area contributed by atoms with Crippen molar-refractivity contribution in [2.24, 2.45) is 0 Å². The number of nitrogens with zero attached hydrogens (tertiary/aromatic N) is 3. The van der Waals surface area contributed by atoms with Gasteiger partial charge in [-0.3, -0.25) is 0 Å². The van der Waals surface area contributed by atoms with Crippen LogP contribution in [0.5, 0.6) is 0 Å². The van der Waals surface area contributed by atoms with Crippen LogP contribution in [-0.4, -0.2) is 18.0 Å². The maximum atomic E-state index is 5.13. The maximum Gasteiger partial charge on any atom is 0.257 e. The molecule has 1 heterocycles. The Morgan fingerprint density at radius 3 is 1.90 bits per heavy atom. The first kappa shape index (κ1) is 19.8. The van der Waals surface area contributed by atoms with Crippen molar-refractivity contribution in [2.75, 3.05) is 0 Å². The molecule has 4 rings (SSSR count). The van der Waals surface area contributed by atoms with Crippen LogP contribution >= 0.6 is 15.9 Å². The van der Waals surface area contributed by atoms with Gasteiger partial charge in [0.1, 0.15) is 5.69 Å². The second kappa shape index (κ2) is 8.09. The standard InChI is InChI=1S/C24H25BrN3Si/c1-29(2,3)18-27-24(20-12-8-5-9-13-20)23(19-10-6-4-7-11-19)26-28(27)22-16-14-21(25)15-17-22/h4-17H,18H2,1-3H3/q+1. The minimum Gasteiger partial charge on any atom is -0.151 e. The third-order valence-electron chi connectivity index (χ3n) is 4.68. The normalized spacial score (nSPS) is 11.6. The Morgan fingerprint density at radius 1 is 0.793 bits per heavy atom. The molecule has 0 unspecified atom stereocenters. The summed E-state index contributed by atoms with van der Waals surface area (Å²) >= 11 is 3.55. The van der Waals surface area contributed by atoms with Gasteiger partial charge in [-0.05, 0) is 29.1 Å². The van der Waals surface area contributed by atoms with Crippen LogP contribution in [0, 0.1) is 0 Å². The van der Waals surface area contributed by atoms with Crippen molar-refractivity contribution in [3.8, 4) is 28.2 Å². The average Bonchev–Trinajstić information content (AvgIpc) is 3.07. The molecule has 0 N–H and O–H groups in total. The van der Waals surface area contributed by atoms with Gasteiger partial charge in [0.05, 0.1) is 19.3 Å². The molecule has 29 heavy (non-hydrogen) atoms. The Labute approximate surface area is 181 Å². The van der Waals surface area contributed by atoms with Gasteiger partial charge >= 0.3 is 0 Å². The van der Waals surface area contributed by atoms with Gasteiger partial charge in [0.15, 0.2) is 0 Å². The van der Waals surface area contributed by atoms with Crippen molar-refractivity contribution in [3.63, 3.8) is 0 Å². The first-order chi connectivity index (χ1) is 13.9. The number of rotatable bonds is 5. The third-order valence-corrected chi connectivity index (χ3v) is 6.46. The van der Waals surface area contributed by atoms with E-state index in [1.54, 1.807) is 0 Å². The molecule has 0 bridgehead atoms. The molecule has 3 nitrogen and oxygen atoms in total. The second-order valence-electron chi connectivity index (χ2n) is 8.41. The van der Waals surface area contributed by atoms with Gasteiger partial charge in [0.2, 0.25) is 5.69 Å². The van der Waals surface area contributed by atoms with Crippen LogP contribution in [0.15, 0.2) is 89.4 Å². The number of halogens is 1. The predicted molar refractivity (Wildman–Crippen MR) is 126 cm³/mol. The van der Waals surface area contributed by atoms with Crippen molar-refractivity contribution >= 4 is 24.0 Å². The van der Waals surface area contributed by atoms with E-state index >= 15 is 0 Å². The van der Waals surface area contributed by atoms with Gasteiger partial charge in [0, 0.05) is 15.6 Å². The highest BCUT2D eigenvalue weighted by atomic mass is 79.9. The molecule has 0 amide bonds. The van der Waals surface area contributed by atoms with Crippen molar-refractivity contribution in [3.05, 3.63) is 89.4 Å². The largest absolute Gasteiger partial charge is 0.257 e. The number of aromatic nitrogens is 3. The van der Waals surface area contributed by atoms with Crippen LogP contribution in [0.4, 0.5) is 0 Å². The van der Waals surface area contributed by atoms with E-state index in [4.69, 9.17) is 5.10 Å². The molecule has 3 aromatic carbocycles. The average molecular weight is 463 g/mol. The van der Waals surface area contributed by atoms with Crippen molar-refractivity contribution in [2.45, 2.75) is 25.8 Å². The monoisotopic (exact) mass is 462 g/mol. The highest BCUT2D eigenvalue weighted by Gasteiger charge is 2.32. The molecule has 0 atom stereocenters. The summed E-state index contributed by atoms with van der Waals surface area (Å²) in [5, 5.41) is 5.13. The molecule has 0 saturated carbocycles. The van der Waals surface area contributed by atoms with E-state index in [2.05, 4.69) is 124 Å². The lowest BCUT2D eigenvalue weighted by Crippen LogP contribution is -2.52. The maximum absolute atomic E-state index is 5.13. The molecule has 0 saturated heterocycles. The van der Waals surface area contributed by atoms with Crippen LogP contribution in [0.25, 0.3) is 28.2 Å². The lowest BCUT2D eigenvalue weighted by atomic mass is 10.1. The summed E-state index contributed by atoms with van der Waals surface area (Å²) in [7, 11) is -1.43. The summed E-state index contributed by atoms with van der Waals surface area (Å²) in [5.41, 5.74) is 5.56. The highest BCUT2D eigenvalue weighted by molar-refractivity contribution is 9.10. The van der Waals surface area contributed by atoms with Crippen molar-refractivity contribution < 1.29 is 4.68 Å². The fourth-order valence-electron chi connectivity index (χ4n) is 3.45. The van der Waals surface area contributed by atoms with Gasteiger partial charge < -0.3 is 0 Å². The van der Waals surface area contributed by atoms with Crippen molar-refractivity contribution in [1.29, 1.82) is 0 Å². The third kappa shape index (κ3) is 4.41. The topological polar surface area (TPSA) is 21.7 Å². The number of hydrogen-bond donors (Lipinski definition) is 0. The van der Waals surface area contributed by atoms with E-state index in [0.29, 0.717) is 0 Å². The van der Waals surface area contributed by atoms with Gasteiger partial charge in [-0.25, -0.2) is 0 Å². The first-order valence-electron chi connectivity index (χ1n) is 9.82. The molecule has 146 valence electrons. The highest BCUT2D eigenvalue weighted by Crippen LogP contribution is 2.29. The zero-order chi connectivity index (χ0) is 20.4. The SMILES string of the molecule is C[Si](C)(C)C[n+]1c(-c2ccccc2)c(-c2ccccc2)nn1-c1ccc(Br)cc1. The fraction of sp³-hybridized carbons (Fsp3) is 0.167. The molecule has 0 spiro atoms. The molecule has 1 aromatic heterocycles. The molecule has 4 aromatic rings. The zero-order valence-electron chi connectivity index (χ0n) is 17.0. The predicted octanol–water partition coefficient (Wildman–Crippen LogP) is 6.13. The van der Waals surface area contributed by atoms with Gasteiger partial charge in [-0.1, -0.05) is 96.2 Å². The molecule has 0 radical (unpaired) electrons. The molecule has 0 aliphatic carbocycles. The fourth-order valence-corrected chi connectivity index (χ4v) is 4.91. The smallest absolute Gasteiger partial charge is 0.151 e. The van der Waals surface area contributed by atoms with Crippen LogP contribution < -0.4 is 4.68 Å². The second-order valence-corrected chi connectivity index (χ2v) is 14.8. The summed E-state index contributed by atoms with van der Waals surface area (Å²) in [6.45, 7) is 7.20. The van der Waals surface area contributed by atoms with E-state index in [-0.39, 0.29) is 0 Å². The van der Waals surface area contributed by atoms with Gasteiger partial charge in [-0.15, -0.1) is 0 Å². The van der Waals surface area contributed by atoms with Crippen molar-refractivity contribution in [1.82, 2.24) is 9.90 Å². The molecule has 0 aliphatic heterocycles. The Morgan fingerprint density at radius 2 is 1.34 bits per heavy atom. The summed E-state index contributed by atoms with van der Waals surface area (Å²) in [6.07, 6.45) is 0.979. The summed E-state index contributed by atoms with van der Waals surface area (Å²) in [5.74, 6) is 0. The number of hydrogen-bond acceptors (Lipinski definition) is 1. The van der Waals surface area contributed by atoms with Gasteiger partial charge in [0.25, 0.3) is 5.69 Å². The minimum atomic E-state index is -1.43. The Balaban J connectivity index is 2.03. The minimum absolute atomic E-state index is 0.979. The lowest BCUT2D eigenvalue weighted by molar-refractivity contribution is -0.746. The summed E-state index contributed by atoms with van der Waals surface area (Å²) in [4.78, 5) is 2.08. The summed E-state index contributed by atoms with van der Waals surface area (Å²) in [6, 6.07) is 29.5.